The molecule has 4 rings (SSSR count). The quantitative estimate of drug-likeness (QED) is 0.799. The van der Waals surface area contributed by atoms with Crippen LogP contribution in [0.3, 0.4) is 0 Å². The van der Waals surface area contributed by atoms with Crippen molar-refractivity contribution in [3.05, 3.63) is 40.3 Å². The van der Waals surface area contributed by atoms with Crippen molar-refractivity contribution < 1.29 is 0 Å². The Morgan fingerprint density at radius 2 is 2.17 bits per heavy atom. The summed E-state index contributed by atoms with van der Waals surface area (Å²) in [6.45, 7) is 2.48. The van der Waals surface area contributed by atoms with Crippen LogP contribution in [-0.2, 0) is 13.0 Å². The molecule has 23 heavy (non-hydrogen) atoms. The van der Waals surface area contributed by atoms with Crippen LogP contribution in [0.4, 0.5) is 0 Å². The lowest BCUT2D eigenvalue weighted by Gasteiger charge is -2.11. The van der Waals surface area contributed by atoms with Crippen LogP contribution in [0.1, 0.15) is 50.2 Å². The van der Waals surface area contributed by atoms with Crippen LogP contribution in [-0.4, -0.2) is 29.5 Å². The molecule has 0 aromatic carbocycles. The Bertz CT molecular complexity index is 870. The number of aromatic nitrogens is 6. The highest BCUT2D eigenvalue weighted by molar-refractivity contribution is 5.77. The van der Waals surface area contributed by atoms with E-state index in [4.69, 9.17) is 10.1 Å². The van der Waals surface area contributed by atoms with E-state index < -0.39 is 0 Å². The Kier molecular flexibility index (Phi) is 3.48. The molecule has 0 bridgehead atoms. The van der Waals surface area contributed by atoms with Gasteiger partial charge in [-0.2, -0.15) is 10.2 Å². The molecule has 120 valence electrons. The summed E-state index contributed by atoms with van der Waals surface area (Å²) >= 11 is 0. The maximum absolute atomic E-state index is 12.6. The minimum atomic E-state index is -0.0988. The Labute approximate surface area is 133 Å². The van der Waals surface area contributed by atoms with E-state index in [1.807, 2.05) is 23.9 Å². The van der Waals surface area contributed by atoms with Crippen molar-refractivity contribution in [2.24, 2.45) is 0 Å². The minimum absolute atomic E-state index is 0.0988. The van der Waals surface area contributed by atoms with Gasteiger partial charge in [0.2, 0.25) is 0 Å². The molecule has 1 aliphatic rings. The van der Waals surface area contributed by atoms with E-state index in [-0.39, 0.29) is 5.56 Å². The lowest BCUT2D eigenvalue weighted by atomic mass is 10.2. The molecule has 1 N–H and O–H groups in total. The average Bonchev–Trinajstić information content (AvgIpc) is 3.27. The van der Waals surface area contributed by atoms with E-state index >= 15 is 0 Å². The van der Waals surface area contributed by atoms with Gasteiger partial charge in [-0.15, -0.1) is 0 Å². The molecule has 3 aromatic heterocycles. The van der Waals surface area contributed by atoms with Crippen LogP contribution in [0, 0.1) is 0 Å². The number of aromatic amines is 1. The molecule has 0 saturated heterocycles. The Morgan fingerprint density at radius 3 is 2.87 bits per heavy atom. The van der Waals surface area contributed by atoms with Gasteiger partial charge in [0.1, 0.15) is 11.2 Å². The molecule has 3 aromatic rings. The predicted octanol–water partition coefficient (Wildman–Crippen LogP) is 2.04. The molecule has 0 amide bonds. The first-order chi connectivity index (χ1) is 11.3. The Balaban J connectivity index is 1.85. The monoisotopic (exact) mass is 312 g/mol. The lowest BCUT2D eigenvalue weighted by Crippen LogP contribution is -2.16. The summed E-state index contributed by atoms with van der Waals surface area (Å²) in [5.74, 6) is 0.619. The van der Waals surface area contributed by atoms with Crippen molar-refractivity contribution >= 4 is 11.0 Å². The summed E-state index contributed by atoms with van der Waals surface area (Å²) in [6.07, 6.45) is 8.98. The first-order valence-electron chi connectivity index (χ1n) is 8.24. The van der Waals surface area contributed by atoms with Crippen molar-refractivity contribution in [3.63, 3.8) is 0 Å². The maximum Gasteiger partial charge on any atom is 0.262 e. The maximum atomic E-state index is 12.6. The molecular weight excluding hydrogens is 292 g/mol. The van der Waals surface area contributed by atoms with Gasteiger partial charge in [-0.3, -0.25) is 9.48 Å². The number of nitrogens with one attached hydrogen (secondary N) is 1. The zero-order chi connectivity index (χ0) is 15.8. The largest absolute Gasteiger partial charge is 0.308 e. The number of fused-ring (bicyclic) bond motifs is 1. The van der Waals surface area contributed by atoms with Gasteiger partial charge in [0.05, 0.1) is 18.3 Å². The van der Waals surface area contributed by atoms with Crippen molar-refractivity contribution in [2.45, 2.75) is 51.6 Å². The van der Waals surface area contributed by atoms with Crippen LogP contribution < -0.4 is 5.56 Å². The molecule has 0 aliphatic heterocycles. The molecule has 0 unspecified atom stereocenters. The molecule has 0 radical (unpaired) electrons. The van der Waals surface area contributed by atoms with Gasteiger partial charge in [-0.1, -0.05) is 19.8 Å². The van der Waals surface area contributed by atoms with E-state index in [1.165, 1.54) is 12.8 Å². The molecular formula is C16H20N6O. The molecule has 1 fully saturated rings. The fourth-order valence-corrected chi connectivity index (χ4v) is 3.43. The molecule has 0 spiro atoms. The predicted molar refractivity (Wildman–Crippen MR) is 86.4 cm³/mol. The van der Waals surface area contributed by atoms with Gasteiger partial charge in [0.25, 0.3) is 5.56 Å². The number of nitrogens with zero attached hydrogens (tertiary/aromatic N) is 5. The highest BCUT2D eigenvalue weighted by Gasteiger charge is 2.24. The second kappa shape index (κ2) is 5.64. The SMILES string of the molecule is CCc1nn(C2CCCC2)c2nc(Cn3cccn3)[nH]c(=O)c12. The second-order valence-electron chi connectivity index (χ2n) is 6.10. The summed E-state index contributed by atoms with van der Waals surface area (Å²) in [7, 11) is 0. The zero-order valence-corrected chi connectivity index (χ0v) is 13.2. The summed E-state index contributed by atoms with van der Waals surface area (Å²) in [6, 6.07) is 2.22. The summed E-state index contributed by atoms with van der Waals surface area (Å²) in [5, 5.41) is 9.52. The van der Waals surface area contributed by atoms with E-state index in [9.17, 15) is 4.79 Å². The number of aryl methyl sites for hydroxylation is 1. The van der Waals surface area contributed by atoms with Gasteiger partial charge in [0.15, 0.2) is 5.65 Å². The normalized spacial score (nSPS) is 15.7. The number of hydrogen-bond donors (Lipinski definition) is 1. The Hall–Kier alpha value is -2.44. The minimum Gasteiger partial charge on any atom is -0.308 e. The van der Waals surface area contributed by atoms with Crippen LogP contribution >= 0.6 is 0 Å². The number of rotatable bonds is 4. The molecule has 1 aliphatic carbocycles. The first kappa shape index (κ1) is 14.2. The van der Waals surface area contributed by atoms with E-state index in [2.05, 4.69) is 10.1 Å². The third kappa shape index (κ3) is 2.46. The third-order valence-corrected chi connectivity index (χ3v) is 4.56. The third-order valence-electron chi connectivity index (χ3n) is 4.56. The van der Waals surface area contributed by atoms with Crippen molar-refractivity contribution in [2.75, 3.05) is 0 Å². The lowest BCUT2D eigenvalue weighted by molar-refractivity contribution is 0.473. The van der Waals surface area contributed by atoms with Gasteiger partial charge in [-0.25, -0.2) is 9.67 Å². The smallest absolute Gasteiger partial charge is 0.262 e. The van der Waals surface area contributed by atoms with Crippen LogP contribution in [0.2, 0.25) is 0 Å². The average molecular weight is 312 g/mol. The van der Waals surface area contributed by atoms with Crippen LogP contribution in [0.5, 0.6) is 0 Å². The molecule has 1 saturated carbocycles. The van der Waals surface area contributed by atoms with Gasteiger partial charge in [0, 0.05) is 12.4 Å². The second-order valence-corrected chi connectivity index (χ2v) is 6.10. The zero-order valence-electron chi connectivity index (χ0n) is 13.2. The van der Waals surface area contributed by atoms with Gasteiger partial charge in [-0.05, 0) is 25.3 Å². The van der Waals surface area contributed by atoms with E-state index in [0.29, 0.717) is 23.8 Å². The van der Waals surface area contributed by atoms with Crippen molar-refractivity contribution in [1.82, 2.24) is 29.5 Å². The highest BCUT2D eigenvalue weighted by Crippen LogP contribution is 2.31. The van der Waals surface area contributed by atoms with E-state index in [0.717, 1.165) is 30.6 Å². The Morgan fingerprint density at radius 1 is 1.35 bits per heavy atom. The number of H-pyrrole nitrogens is 1. The molecule has 3 heterocycles. The van der Waals surface area contributed by atoms with E-state index in [1.54, 1.807) is 10.9 Å². The standard InChI is InChI=1S/C16H20N6O/c1-2-12-14-15(22(20-12)11-6-3-4-7-11)18-13(19-16(14)23)10-21-9-5-8-17-21/h5,8-9,11H,2-4,6-7,10H2,1H3,(H,18,19,23). The van der Waals surface area contributed by atoms with Gasteiger partial charge >= 0.3 is 0 Å². The molecule has 7 nitrogen and oxygen atoms in total. The van der Waals surface area contributed by atoms with Crippen LogP contribution in [0.25, 0.3) is 11.0 Å². The summed E-state index contributed by atoms with van der Waals surface area (Å²) in [5.41, 5.74) is 1.46. The van der Waals surface area contributed by atoms with Gasteiger partial charge < -0.3 is 4.98 Å². The fourth-order valence-electron chi connectivity index (χ4n) is 3.43. The van der Waals surface area contributed by atoms with Crippen molar-refractivity contribution in [1.29, 1.82) is 0 Å². The first-order valence-corrected chi connectivity index (χ1v) is 8.24. The number of hydrogen-bond acceptors (Lipinski definition) is 4. The topological polar surface area (TPSA) is 81.4 Å². The highest BCUT2D eigenvalue weighted by atomic mass is 16.1. The molecule has 7 heteroatoms. The van der Waals surface area contributed by atoms with Crippen LogP contribution in [0.15, 0.2) is 23.3 Å². The summed E-state index contributed by atoms with van der Waals surface area (Å²) in [4.78, 5) is 20.2. The summed E-state index contributed by atoms with van der Waals surface area (Å²) < 4.78 is 3.74. The fraction of sp³-hybridized carbons (Fsp3) is 0.500. The molecule has 0 atom stereocenters. The van der Waals surface area contributed by atoms with Crippen molar-refractivity contribution in [3.8, 4) is 0 Å².